The van der Waals surface area contributed by atoms with Crippen LogP contribution in [0.4, 0.5) is 0 Å². The van der Waals surface area contributed by atoms with Crippen molar-refractivity contribution in [3.8, 4) is 0 Å². The van der Waals surface area contributed by atoms with Gasteiger partial charge in [-0.2, -0.15) is 0 Å². The fourth-order valence-electron chi connectivity index (χ4n) is 0.382. The molecular weight excluding hydrogens is 152 g/mol. The van der Waals surface area contributed by atoms with Gasteiger partial charge in [0, 0.05) is 13.1 Å². The summed E-state index contributed by atoms with van der Waals surface area (Å²) in [4.78, 5) is 2.15. The highest BCUT2D eigenvalue weighted by Gasteiger charge is 1.94. The van der Waals surface area contributed by atoms with E-state index in [0.717, 1.165) is 13.1 Å². The number of hydrogen-bond donors (Lipinski definition) is 1. The average molecular weight is 166 g/mol. The third-order valence-electron chi connectivity index (χ3n) is 1.00. The molecule has 0 atom stereocenters. The van der Waals surface area contributed by atoms with Gasteiger partial charge < -0.3 is 4.90 Å². The summed E-state index contributed by atoms with van der Waals surface area (Å²) in [5, 5.41) is 0. The molecule has 0 bridgehead atoms. The SMILES string of the molecule is CN(C)CCN(C)SS. The molecule has 2 nitrogen and oxygen atoms in total. The number of thiol groups is 1. The molecule has 0 heterocycles. The summed E-state index contributed by atoms with van der Waals surface area (Å²) in [6.45, 7) is 2.14. The molecule has 0 aliphatic carbocycles. The van der Waals surface area contributed by atoms with Crippen LogP contribution in [0, 0.1) is 0 Å². The van der Waals surface area contributed by atoms with E-state index in [0.29, 0.717) is 0 Å². The van der Waals surface area contributed by atoms with Crippen molar-refractivity contribution < 1.29 is 0 Å². The first-order valence-corrected chi connectivity index (χ1v) is 4.66. The van der Waals surface area contributed by atoms with Crippen LogP contribution < -0.4 is 0 Å². The molecule has 0 radical (unpaired) electrons. The summed E-state index contributed by atoms with van der Waals surface area (Å²) in [6, 6.07) is 0. The van der Waals surface area contributed by atoms with Crippen molar-refractivity contribution in [2.75, 3.05) is 34.2 Å². The normalized spacial score (nSPS) is 11.3. The molecule has 0 aromatic carbocycles. The van der Waals surface area contributed by atoms with Gasteiger partial charge in [-0.05, 0) is 32.1 Å². The van der Waals surface area contributed by atoms with Crippen LogP contribution in [0.3, 0.4) is 0 Å². The van der Waals surface area contributed by atoms with Crippen molar-refractivity contribution in [1.82, 2.24) is 9.21 Å². The summed E-state index contributed by atoms with van der Waals surface area (Å²) in [5.41, 5.74) is 0. The Balaban J connectivity index is 3.06. The molecule has 0 unspecified atom stereocenters. The minimum absolute atomic E-state index is 1.06. The van der Waals surface area contributed by atoms with Gasteiger partial charge in [0.2, 0.25) is 0 Å². The maximum Gasteiger partial charge on any atom is 0.0222 e. The number of nitrogens with zero attached hydrogens (tertiary/aromatic N) is 2. The molecule has 0 aliphatic rings. The highest BCUT2D eigenvalue weighted by molar-refractivity contribution is 8.67. The Kier molecular flexibility index (Phi) is 5.78. The lowest BCUT2D eigenvalue weighted by Gasteiger charge is -2.14. The van der Waals surface area contributed by atoms with Crippen molar-refractivity contribution in [1.29, 1.82) is 0 Å². The largest absolute Gasteiger partial charge is 0.308 e. The maximum absolute atomic E-state index is 4.04. The van der Waals surface area contributed by atoms with Crippen LogP contribution in [-0.4, -0.2) is 43.4 Å². The predicted molar refractivity (Wildman–Crippen MR) is 47.8 cm³/mol. The second-order valence-electron chi connectivity index (χ2n) is 2.24. The van der Waals surface area contributed by atoms with E-state index in [1.807, 2.05) is 7.05 Å². The maximum atomic E-state index is 4.04. The van der Waals surface area contributed by atoms with Gasteiger partial charge in [-0.15, -0.1) is 0 Å². The standard InChI is InChI=1S/C5H14N2S2/c1-6(2)4-5-7(3)9-8/h8H,4-5H2,1-3H3. The Labute approximate surface area is 66.5 Å². The van der Waals surface area contributed by atoms with E-state index in [9.17, 15) is 0 Å². The van der Waals surface area contributed by atoms with Crippen LogP contribution in [-0.2, 0) is 0 Å². The molecule has 0 N–H and O–H groups in total. The molecule has 0 aromatic heterocycles. The van der Waals surface area contributed by atoms with Crippen LogP contribution in [0.15, 0.2) is 0 Å². The first-order valence-electron chi connectivity index (χ1n) is 2.84. The molecule has 0 fully saturated rings. The average Bonchev–Trinajstić information content (AvgIpc) is 1.83. The zero-order chi connectivity index (χ0) is 7.28. The number of likely N-dealkylation sites (N-methyl/N-ethyl adjacent to an activating group) is 2. The van der Waals surface area contributed by atoms with E-state index in [-0.39, 0.29) is 0 Å². The fourth-order valence-corrected chi connectivity index (χ4v) is 0.790. The Morgan fingerprint density at radius 1 is 1.22 bits per heavy atom. The number of hydrogen-bond acceptors (Lipinski definition) is 4. The van der Waals surface area contributed by atoms with E-state index in [1.165, 1.54) is 11.0 Å². The number of rotatable bonds is 4. The summed E-state index contributed by atoms with van der Waals surface area (Å²) in [6.07, 6.45) is 0. The molecule has 0 aliphatic heterocycles. The van der Waals surface area contributed by atoms with Gasteiger partial charge in [0.05, 0.1) is 0 Å². The van der Waals surface area contributed by atoms with E-state index >= 15 is 0 Å². The molecule has 0 aromatic rings. The Morgan fingerprint density at radius 2 is 1.78 bits per heavy atom. The third-order valence-corrected chi connectivity index (χ3v) is 2.30. The minimum Gasteiger partial charge on any atom is -0.308 e. The van der Waals surface area contributed by atoms with Crippen molar-refractivity contribution in [3.63, 3.8) is 0 Å². The summed E-state index contributed by atoms with van der Waals surface area (Å²) in [7, 11) is 7.63. The van der Waals surface area contributed by atoms with Gasteiger partial charge in [0.1, 0.15) is 0 Å². The van der Waals surface area contributed by atoms with Crippen LogP contribution in [0.25, 0.3) is 0 Å². The van der Waals surface area contributed by atoms with Crippen LogP contribution >= 0.6 is 22.6 Å². The summed E-state index contributed by atoms with van der Waals surface area (Å²) >= 11 is 4.04. The topological polar surface area (TPSA) is 6.48 Å². The molecule has 9 heavy (non-hydrogen) atoms. The zero-order valence-electron chi connectivity index (χ0n) is 6.16. The molecule has 0 saturated carbocycles. The highest BCUT2D eigenvalue weighted by atomic mass is 33.1. The van der Waals surface area contributed by atoms with Crippen molar-refractivity contribution in [3.05, 3.63) is 0 Å². The van der Waals surface area contributed by atoms with Gasteiger partial charge in [-0.1, -0.05) is 11.7 Å². The van der Waals surface area contributed by atoms with Gasteiger partial charge in [0.15, 0.2) is 0 Å². The van der Waals surface area contributed by atoms with E-state index < -0.39 is 0 Å². The molecule has 0 saturated heterocycles. The molecule has 4 heteroatoms. The van der Waals surface area contributed by atoms with Gasteiger partial charge in [-0.25, -0.2) is 4.31 Å². The lowest BCUT2D eigenvalue weighted by Crippen LogP contribution is -2.23. The molecule has 0 amide bonds. The van der Waals surface area contributed by atoms with Gasteiger partial charge in [0.25, 0.3) is 0 Å². The first kappa shape index (κ1) is 9.62. The minimum atomic E-state index is 1.06. The first-order chi connectivity index (χ1) is 4.16. The smallest absolute Gasteiger partial charge is 0.0222 e. The fraction of sp³-hybridized carbons (Fsp3) is 1.00. The van der Waals surface area contributed by atoms with Gasteiger partial charge >= 0.3 is 0 Å². The Bertz CT molecular complexity index is 68.0. The van der Waals surface area contributed by atoms with Crippen LogP contribution in [0.5, 0.6) is 0 Å². The molecular formula is C5H14N2S2. The zero-order valence-corrected chi connectivity index (χ0v) is 7.88. The summed E-state index contributed by atoms with van der Waals surface area (Å²) in [5.74, 6) is 0. The van der Waals surface area contributed by atoms with Crippen LogP contribution in [0.1, 0.15) is 0 Å². The monoisotopic (exact) mass is 166 g/mol. The summed E-state index contributed by atoms with van der Waals surface area (Å²) < 4.78 is 2.09. The molecule has 0 spiro atoms. The van der Waals surface area contributed by atoms with Crippen molar-refractivity contribution in [2.24, 2.45) is 0 Å². The van der Waals surface area contributed by atoms with E-state index in [4.69, 9.17) is 0 Å². The van der Waals surface area contributed by atoms with E-state index in [2.05, 4.69) is 35.0 Å². The molecule has 0 rings (SSSR count). The second kappa shape index (κ2) is 5.41. The van der Waals surface area contributed by atoms with Crippen molar-refractivity contribution in [2.45, 2.75) is 0 Å². The van der Waals surface area contributed by atoms with E-state index in [1.54, 1.807) is 0 Å². The quantitative estimate of drug-likeness (QED) is 0.378. The Hall–Kier alpha value is 0.620. The molecule has 56 valence electrons. The lowest BCUT2D eigenvalue weighted by molar-refractivity contribution is 0.373. The Morgan fingerprint density at radius 3 is 2.11 bits per heavy atom. The third kappa shape index (κ3) is 6.51. The lowest BCUT2D eigenvalue weighted by atomic mass is 10.6. The van der Waals surface area contributed by atoms with Crippen LogP contribution in [0.2, 0.25) is 0 Å². The second-order valence-corrected chi connectivity index (χ2v) is 3.51. The van der Waals surface area contributed by atoms with Crippen molar-refractivity contribution >= 4 is 22.6 Å². The predicted octanol–water partition coefficient (Wildman–Crippen LogP) is 0.973. The van der Waals surface area contributed by atoms with Gasteiger partial charge in [-0.3, -0.25) is 0 Å². The highest BCUT2D eigenvalue weighted by Crippen LogP contribution is 2.08.